The fourth-order valence-corrected chi connectivity index (χ4v) is 4.92. The number of aliphatic hydroxyl groups is 1. The number of hydrogen-bond acceptors (Lipinski definition) is 7. The van der Waals surface area contributed by atoms with Gasteiger partial charge in [0.15, 0.2) is 0 Å². The van der Waals surface area contributed by atoms with Crippen LogP contribution in [0.1, 0.15) is 31.2 Å². The Balaban J connectivity index is 1.39. The van der Waals surface area contributed by atoms with E-state index in [4.69, 9.17) is 18.9 Å². The molecule has 0 radical (unpaired) electrons. The van der Waals surface area contributed by atoms with Crippen molar-refractivity contribution in [3.8, 4) is 11.5 Å². The third-order valence-electron chi connectivity index (χ3n) is 6.77. The predicted molar refractivity (Wildman–Crippen MR) is 134 cm³/mol. The average Bonchev–Trinajstić information content (AvgIpc) is 2.88. The van der Waals surface area contributed by atoms with E-state index in [1.165, 1.54) is 0 Å². The zero-order chi connectivity index (χ0) is 23.8. The lowest BCUT2D eigenvalue weighted by Crippen LogP contribution is -2.47. The SMILES string of the molecule is COCCCN1CCOc2ccc(CO[C@@H]3CC[C@@H](CCO)N(c4ccc(OC)cc4)C3)cc21. The van der Waals surface area contributed by atoms with Crippen molar-refractivity contribution >= 4 is 11.4 Å². The van der Waals surface area contributed by atoms with Crippen molar-refractivity contribution in [2.24, 2.45) is 0 Å². The number of aliphatic hydroxyl groups excluding tert-OH is 1. The number of anilines is 2. The topological polar surface area (TPSA) is 63.6 Å². The molecule has 7 heteroatoms. The van der Waals surface area contributed by atoms with Gasteiger partial charge in [-0.15, -0.1) is 0 Å². The van der Waals surface area contributed by atoms with E-state index >= 15 is 0 Å². The summed E-state index contributed by atoms with van der Waals surface area (Å²) in [6.45, 7) is 4.92. The molecule has 0 aromatic heterocycles. The molecule has 0 aliphatic carbocycles. The highest BCUT2D eigenvalue weighted by molar-refractivity contribution is 5.61. The fourth-order valence-electron chi connectivity index (χ4n) is 4.92. The molecule has 34 heavy (non-hydrogen) atoms. The Labute approximate surface area is 203 Å². The minimum absolute atomic E-state index is 0.141. The summed E-state index contributed by atoms with van der Waals surface area (Å²) >= 11 is 0. The van der Waals surface area contributed by atoms with Crippen molar-refractivity contribution in [1.82, 2.24) is 0 Å². The summed E-state index contributed by atoms with van der Waals surface area (Å²) in [5.74, 6) is 1.79. The van der Waals surface area contributed by atoms with Crippen LogP contribution in [0.2, 0.25) is 0 Å². The lowest BCUT2D eigenvalue weighted by molar-refractivity contribution is 0.0248. The highest BCUT2D eigenvalue weighted by atomic mass is 16.5. The molecule has 7 nitrogen and oxygen atoms in total. The molecule has 0 saturated carbocycles. The Kier molecular flexibility index (Phi) is 8.91. The molecule has 2 aliphatic rings. The number of ether oxygens (including phenoxy) is 4. The summed E-state index contributed by atoms with van der Waals surface area (Å²) in [5, 5.41) is 9.57. The normalized spacial score (nSPS) is 20.1. The van der Waals surface area contributed by atoms with Crippen molar-refractivity contribution in [2.45, 2.75) is 44.4 Å². The van der Waals surface area contributed by atoms with Gasteiger partial charge in [-0.2, -0.15) is 0 Å². The van der Waals surface area contributed by atoms with Crippen molar-refractivity contribution in [3.05, 3.63) is 48.0 Å². The smallest absolute Gasteiger partial charge is 0.142 e. The number of methoxy groups -OCH3 is 2. The molecule has 2 aliphatic heterocycles. The molecule has 2 heterocycles. The molecule has 1 saturated heterocycles. The van der Waals surface area contributed by atoms with Crippen LogP contribution < -0.4 is 19.3 Å². The van der Waals surface area contributed by atoms with Gasteiger partial charge in [0.25, 0.3) is 0 Å². The molecule has 0 spiro atoms. The summed E-state index contributed by atoms with van der Waals surface area (Å²) in [7, 11) is 3.43. The van der Waals surface area contributed by atoms with Crippen LogP contribution >= 0.6 is 0 Å². The highest BCUT2D eigenvalue weighted by Crippen LogP contribution is 2.34. The molecule has 2 atom stereocenters. The molecule has 0 amide bonds. The third kappa shape index (κ3) is 6.14. The summed E-state index contributed by atoms with van der Waals surface area (Å²) in [4.78, 5) is 4.76. The Morgan fingerprint density at radius 1 is 1.09 bits per heavy atom. The molecule has 4 rings (SSSR count). The van der Waals surface area contributed by atoms with E-state index in [2.05, 4.69) is 40.1 Å². The van der Waals surface area contributed by atoms with Gasteiger partial charge in [-0.05, 0) is 67.6 Å². The fraction of sp³-hybridized carbons (Fsp3) is 0.556. The maximum absolute atomic E-state index is 9.57. The summed E-state index contributed by atoms with van der Waals surface area (Å²) < 4.78 is 22.8. The number of piperidine rings is 1. The first-order valence-electron chi connectivity index (χ1n) is 12.3. The second kappa shape index (κ2) is 12.3. The molecular formula is C27H38N2O5. The minimum Gasteiger partial charge on any atom is -0.497 e. The van der Waals surface area contributed by atoms with Crippen molar-refractivity contribution in [1.29, 1.82) is 0 Å². The average molecular weight is 471 g/mol. The van der Waals surface area contributed by atoms with E-state index in [9.17, 15) is 5.11 Å². The summed E-state index contributed by atoms with van der Waals surface area (Å²) in [5.41, 5.74) is 3.45. The molecule has 0 unspecified atom stereocenters. The standard InChI is InChI=1S/C27H38N2O5/c1-31-16-3-13-28-14-17-33-27-11-4-21(18-26(27)28)20-34-25-10-7-23(12-15-30)29(19-25)22-5-8-24(32-2)9-6-22/h4-6,8-9,11,18,23,25,30H,3,7,10,12-17,19-20H2,1-2H3/t23-,25+/m0/s1. The lowest BCUT2D eigenvalue weighted by atomic mass is 9.96. The van der Waals surface area contributed by atoms with Crippen molar-refractivity contribution in [2.75, 3.05) is 63.5 Å². The van der Waals surface area contributed by atoms with Crippen LogP contribution in [0.15, 0.2) is 42.5 Å². The van der Waals surface area contributed by atoms with Gasteiger partial charge in [0, 0.05) is 45.1 Å². The quantitative estimate of drug-likeness (QED) is 0.500. The third-order valence-corrected chi connectivity index (χ3v) is 6.77. The van der Waals surface area contributed by atoms with Crippen LogP contribution in [-0.4, -0.2) is 70.9 Å². The van der Waals surface area contributed by atoms with Crippen LogP contribution in [-0.2, 0) is 16.1 Å². The Morgan fingerprint density at radius 3 is 2.71 bits per heavy atom. The van der Waals surface area contributed by atoms with Crippen LogP contribution in [0.25, 0.3) is 0 Å². The number of hydrogen-bond donors (Lipinski definition) is 1. The maximum Gasteiger partial charge on any atom is 0.142 e. The van der Waals surface area contributed by atoms with Gasteiger partial charge in [-0.25, -0.2) is 0 Å². The van der Waals surface area contributed by atoms with E-state index in [1.807, 2.05) is 12.1 Å². The van der Waals surface area contributed by atoms with Gasteiger partial charge >= 0.3 is 0 Å². The number of rotatable bonds is 11. The molecule has 1 N–H and O–H groups in total. The number of nitrogens with zero attached hydrogens (tertiary/aromatic N) is 2. The maximum atomic E-state index is 9.57. The lowest BCUT2D eigenvalue weighted by Gasteiger charge is -2.41. The van der Waals surface area contributed by atoms with E-state index in [0.29, 0.717) is 19.3 Å². The molecule has 1 fully saturated rings. The van der Waals surface area contributed by atoms with Crippen LogP contribution in [0.4, 0.5) is 11.4 Å². The Hall–Kier alpha value is -2.48. The Bertz CT molecular complexity index is 891. The first-order valence-corrected chi connectivity index (χ1v) is 12.3. The highest BCUT2D eigenvalue weighted by Gasteiger charge is 2.29. The first-order chi connectivity index (χ1) is 16.7. The van der Waals surface area contributed by atoms with Gasteiger partial charge < -0.3 is 33.9 Å². The first kappa shape index (κ1) is 24.6. The molecule has 2 aromatic rings. The van der Waals surface area contributed by atoms with Crippen molar-refractivity contribution in [3.63, 3.8) is 0 Å². The van der Waals surface area contributed by atoms with Crippen molar-refractivity contribution < 1.29 is 24.1 Å². The van der Waals surface area contributed by atoms with Gasteiger partial charge in [0.2, 0.25) is 0 Å². The van der Waals surface area contributed by atoms with Crippen LogP contribution in [0, 0.1) is 0 Å². The van der Waals surface area contributed by atoms with Gasteiger partial charge in [0.05, 0.1) is 32.1 Å². The Morgan fingerprint density at radius 2 is 1.94 bits per heavy atom. The molecule has 186 valence electrons. The molecule has 0 bridgehead atoms. The van der Waals surface area contributed by atoms with E-state index < -0.39 is 0 Å². The molecular weight excluding hydrogens is 432 g/mol. The minimum atomic E-state index is 0.141. The largest absolute Gasteiger partial charge is 0.497 e. The van der Waals surface area contributed by atoms with Crippen LogP contribution in [0.3, 0.4) is 0 Å². The zero-order valence-electron chi connectivity index (χ0n) is 20.4. The van der Waals surface area contributed by atoms with Gasteiger partial charge in [-0.1, -0.05) is 6.07 Å². The van der Waals surface area contributed by atoms with Gasteiger partial charge in [0.1, 0.15) is 18.1 Å². The van der Waals surface area contributed by atoms with Crippen LogP contribution in [0.5, 0.6) is 11.5 Å². The summed E-state index contributed by atoms with van der Waals surface area (Å²) in [6, 6.07) is 14.9. The second-order valence-corrected chi connectivity index (χ2v) is 9.01. The van der Waals surface area contributed by atoms with E-state index in [-0.39, 0.29) is 12.7 Å². The monoisotopic (exact) mass is 470 g/mol. The van der Waals surface area contributed by atoms with Gasteiger partial charge in [-0.3, -0.25) is 0 Å². The zero-order valence-corrected chi connectivity index (χ0v) is 20.4. The molecule has 2 aromatic carbocycles. The number of fused-ring (bicyclic) bond motifs is 1. The second-order valence-electron chi connectivity index (χ2n) is 9.01. The number of benzene rings is 2. The summed E-state index contributed by atoms with van der Waals surface area (Å²) in [6.07, 6.45) is 3.90. The van der Waals surface area contributed by atoms with E-state index in [0.717, 1.165) is 80.4 Å². The predicted octanol–water partition coefficient (Wildman–Crippen LogP) is 3.87. The van der Waals surface area contributed by atoms with E-state index in [1.54, 1.807) is 14.2 Å².